The summed E-state index contributed by atoms with van der Waals surface area (Å²) in [4.78, 5) is 60.1. The Kier molecular flexibility index (Phi) is 10.2. The molecule has 2 aromatic rings. The van der Waals surface area contributed by atoms with Crippen LogP contribution in [0.4, 0.5) is 0 Å². The fraction of sp³-hybridized carbons (Fsp3) is 0.459. The number of halogens is 1. The van der Waals surface area contributed by atoms with Crippen molar-refractivity contribution in [1.29, 1.82) is 0 Å². The van der Waals surface area contributed by atoms with Gasteiger partial charge in [-0.25, -0.2) is 0 Å². The summed E-state index contributed by atoms with van der Waals surface area (Å²) >= 11 is 3.62. The van der Waals surface area contributed by atoms with Crippen LogP contribution in [-0.2, 0) is 35.2 Å². The maximum absolute atomic E-state index is 15.0. The minimum absolute atomic E-state index is 0.0873. The first-order valence-corrected chi connectivity index (χ1v) is 17.5. The van der Waals surface area contributed by atoms with Gasteiger partial charge < -0.3 is 29.7 Å². The minimum Gasteiger partial charge on any atom is -0.463 e. The predicted octanol–water partition coefficient (Wildman–Crippen LogP) is 4.05. The van der Waals surface area contributed by atoms with Crippen LogP contribution in [0.1, 0.15) is 50.3 Å². The number of aliphatic hydroxyl groups excluding tert-OH is 1. The van der Waals surface area contributed by atoms with Crippen molar-refractivity contribution in [3.05, 3.63) is 94.5 Å². The average Bonchev–Trinajstić information content (AvgIpc) is 3.69. The molecule has 4 heterocycles. The molecule has 254 valence electrons. The molecule has 0 saturated carbocycles. The number of allylic oxidation sites excluding steroid dienone is 1. The second-order valence-electron chi connectivity index (χ2n) is 13.1. The number of esters is 1. The molecule has 8 atom stereocenters. The number of carbonyl (C=O) groups is 4. The van der Waals surface area contributed by atoms with E-state index in [1.807, 2.05) is 86.7 Å². The molecule has 0 unspecified atom stereocenters. The molecule has 5 bridgehead atoms. The first kappa shape index (κ1) is 34.1. The number of benzene rings is 2. The van der Waals surface area contributed by atoms with Gasteiger partial charge in [0.1, 0.15) is 24.4 Å². The van der Waals surface area contributed by atoms with Crippen LogP contribution in [0.25, 0.3) is 0 Å². The van der Waals surface area contributed by atoms with Gasteiger partial charge >= 0.3 is 5.97 Å². The van der Waals surface area contributed by atoms with Crippen molar-refractivity contribution in [3.63, 3.8) is 0 Å². The van der Waals surface area contributed by atoms with Crippen molar-refractivity contribution in [2.75, 3.05) is 19.8 Å². The van der Waals surface area contributed by atoms with Gasteiger partial charge in [0.05, 0.1) is 30.5 Å². The summed E-state index contributed by atoms with van der Waals surface area (Å²) in [6.45, 7) is 3.96. The monoisotopic (exact) mass is 719 g/mol. The predicted molar refractivity (Wildman–Crippen MR) is 181 cm³/mol. The zero-order chi connectivity index (χ0) is 34.0. The normalized spacial score (nSPS) is 31.2. The van der Waals surface area contributed by atoms with Gasteiger partial charge in [-0.05, 0) is 29.5 Å². The molecule has 2 saturated heterocycles. The third kappa shape index (κ3) is 6.23. The van der Waals surface area contributed by atoms with Gasteiger partial charge in [-0.1, -0.05) is 109 Å². The molecular weight excluding hydrogens is 678 g/mol. The second-order valence-corrected chi connectivity index (χ2v) is 14.0. The molecule has 2 aromatic carbocycles. The number of nitrogens with one attached hydrogen (secondary N) is 1. The van der Waals surface area contributed by atoms with E-state index in [0.717, 1.165) is 11.1 Å². The van der Waals surface area contributed by atoms with Crippen LogP contribution in [0.3, 0.4) is 0 Å². The Bertz CT molecular complexity index is 1580. The highest BCUT2D eigenvalue weighted by atomic mass is 79.9. The summed E-state index contributed by atoms with van der Waals surface area (Å²) < 4.78 is 12.9. The number of aliphatic hydroxyl groups is 1. The lowest BCUT2D eigenvalue weighted by Gasteiger charge is -2.40. The molecule has 11 heteroatoms. The number of likely N-dealkylation sites (tertiary alicyclic amines) is 1. The number of nitrogens with zero attached hydrogens (tertiary/aromatic N) is 2. The van der Waals surface area contributed by atoms with Crippen molar-refractivity contribution in [3.8, 4) is 0 Å². The number of amides is 3. The Morgan fingerprint density at radius 3 is 2.42 bits per heavy atom. The van der Waals surface area contributed by atoms with E-state index in [1.165, 1.54) is 4.90 Å². The molecule has 6 rings (SSSR count). The summed E-state index contributed by atoms with van der Waals surface area (Å²) in [6.07, 6.45) is 5.88. The fourth-order valence-corrected chi connectivity index (χ4v) is 8.30. The van der Waals surface area contributed by atoms with Gasteiger partial charge in [-0.15, -0.1) is 0 Å². The first-order chi connectivity index (χ1) is 23.2. The van der Waals surface area contributed by atoms with E-state index in [9.17, 15) is 19.5 Å². The summed E-state index contributed by atoms with van der Waals surface area (Å²) in [5.74, 6) is -3.73. The molecule has 4 aliphatic heterocycles. The fourth-order valence-electron chi connectivity index (χ4n) is 7.56. The van der Waals surface area contributed by atoms with Crippen molar-refractivity contribution < 1.29 is 33.8 Å². The minimum atomic E-state index is -1.44. The van der Waals surface area contributed by atoms with E-state index < -0.39 is 59.5 Å². The lowest BCUT2D eigenvalue weighted by Crippen LogP contribution is -2.59. The van der Waals surface area contributed by atoms with Crippen molar-refractivity contribution in [2.45, 2.75) is 69.5 Å². The molecule has 10 nitrogen and oxygen atoms in total. The SMILES string of the molecule is CC[C@H](C)[C@H](CO)N1C(=O)[C@H]2[C@@H]3C(=O)N[C@H](c4ccccc4)COC(=O)CC/C=C\CN(Cc4ccccc4)C(=O)[C@H]1[C@@]21C=C(Br)[C@@H]3O1. The standard InChI is InChI=1S/C37H42BrN3O7/c1-3-23(2)28(21-42)41-33-36(46)40(20-24-13-7-4-8-14-24)18-12-6-11-17-29(43)47-22-27(25-15-9-5-10-16-25)39-34(44)30-31(35(41)45)37(33)19-26(38)32(30)48-37/h4-10,12-16,19,23,27-28,30-33,42H,3,11,17-18,20-22H2,1-2H3,(H,39,44)/b12-6-/t23-,27-,28-,30-,31+,32-,33-,37+/m0/s1. The van der Waals surface area contributed by atoms with Crippen LogP contribution in [0.15, 0.2) is 83.4 Å². The smallest absolute Gasteiger partial charge is 0.306 e. The van der Waals surface area contributed by atoms with E-state index in [2.05, 4.69) is 21.2 Å². The summed E-state index contributed by atoms with van der Waals surface area (Å²) in [7, 11) is 0. The Balaban J connectivity index is 1.47. The molecule has 1 spiro atoms. The lowest BCUT2D eigenvalue weighted by molar-refractivity contribution is -0.152. The Labute approximate surface area is 289 Å². The number of cyclic esters (lactones) is 1. The van der Waals surface area contributed by atoms with Gasteiger partial charge in [0.2, 0.25) is 17.7 Å². The average molecular weight is 721 g/mol. The van der Waals surface area contributed by atoms with Crippen LogP contribution >= 0.6 is 15.9 Å². The quantitative estimate of drug-likeness (QED) is 0.327. The Morgan fingerprint density at radius 2 is 1.73 bits per heavy atom. The zero-order valence-electron chi connectivity index (χ0n) is 27.2. The molecule has 0 aromatic heterocycles. The number of ether oxygens (including phenoxy) is 2. The largest absolute Gasteiger partial charge is 0.463 e. The van der Waals surface area contributed by atoms with Gasteiger partial charge in [-0.3, -0.25) is 19.2 Å². The molecule has 48 heavy (non-hydrogen) atoms. The van der Waals surface area contributed by atoms with Crippen molar-refractivity contribution in [1.82, 2.24) is 15.1 Å². The van der Waals surface area contributed by atoms with E-state index in [1.54, 1.807) is 11.0 Å². The van der Waals surface area contributed by atoms with Gasteiger partial charge in [0, 0.05) is 24.0 Å². The van der Waals surface area contributed by atoms with Crippen molar-refractivity contribution >= 4 is 39.6 Å². The van der Waals surface area contributed by atoms with Crippen LogP contribution < -0.4 is 5.32 Å². The maximum atomic E-state index is 15.0. The van der Waals surface area contributed by atoms with E-state index in [4.69, 9.17) is 9.47 Å². The lowest BCUT2D eigenvalue weighted by atomic mass is 9.74. The molecule has 3 amide bonds. The number of carbonyl (C=O) groups excluding carboxylic acids is 4. The van der Waals surface area contributed by atoms with Gasteiger partial charge in [0.25, 0.3) is 0 Å². The van der Waals surface area contributed by atoms with E-state index in [0.29, 0.717) is 17.3 Å². The van der Waals surface area contributed by atoms with E-state index >= 15 is 4.79 Å². The molecule has 2 fully saturated rings. The van der Waals surface area contributed by atoms with Gasteiger partial charge in [-0.2, -0.15) is 0 Å². The highest BCUT2D eigenvalue weighted by molar-refractivity contribution is 9.11. The van der Waals surface area contributed by atoms with E-state index in [-0.39, 0.29) is 44.5 Å². The third-order valence-corrected chi connectivity index (χ3v) is 10.9. The van der Waals surface area contributed by atoms with Crippen LogP contribution in [0.2, 0.25) is 0 Å². The zero-order valence-corrected chi connectivity index (χ0v) is 28.8. The first-order valence-electron chi connectivity index (χ1n) is 16.7. The number of hydrogen-bond acceptors (Lipinski definition) is 7. The van der Waals surface area contributed by atoms with Crippen LogP contribution in [0, 0.1) is 17.8 Å². The summed E-state index contributed by atoms with van der Waals surface area (Å²) in [5.41, 5.74) is 0.199. The second kappa shape index (κ2) is 14.4. The van der Waals surface area contributed by atoms with Crippen molar-refractivity contribution in [2.24, 2.45) is 17.8 Å². The highest BCUT2D eigenvalue weighted by Crippen LogP contribution is 2.59. The topological polar surface area (TPSA) is 125 Å². The number of hydrogen-bond donors (Lipinski definition) is 2. The molecular formula is C37H42BrN3O7. The highest BCUT2D eigenvalue weighted by Gasteiger charge is 2.75. The number of rotatable bonds is 7. The molecule has 2 N–H and O–H groups in total. The maximum Gasteiger partial charge on any atom is 0.306 e. The summed E-state index contributed by atoms with van der Waals surface area (Å²) in [5, 5.41) is 13.8. The van der Waals surface area contributed by atoms with Gasteiger partial charge in [0.15, 0.2) is 0 Å². The van der Waals surface area contributed by atoms with Crippen LogP contribution in [0.5, 0.6) is 0 Å². The molecule has 4 aliphatic rings. The van der Waals surface area contributed by atoms with Crippen LogP contribution in [-0.4, -0.2) is 82.1 Å². The molecule has 0 aliphatic carbocycles. The number of fused-ring (bicyclic) bond motifs is 2. The summed E-state index contributed by atoms with van der Waals surface area (Å²) in [6, 6.07) is 16.3. The Morgan fingerprint density at radius 1 is 1.02 bits per heavy atom. The molecule has 0 radical (unpaired) electrons. The Hall–Kier alpha value is -3.80. The third-order valence-electron chi connectivity index (χ3n) is 10.2.